The van der Waals surface area contributed by atoms with E-state index in [1.165, 1.54) is 6.26 Å². The van der Waals surface area contributed by atoms with Crippen LogP contribution in [0.2, 0.25) is 0 Å². The van der Waals surface area contributed by atoms with Gasteiger partial charge in [0.2, 0.25) is 0 Å². The fraction of sp³-hybridized carbons (Fsp3) is 0.143. The first-order chi connectivity index (χ1) is 8.95. The largest absolute Gasteiger partial charge is 0.381 e. The van der Waals surface area contributed by atoms with E-state index in [9.17, 15) is 8.42 Å². The van der Waals surface area contributed by atoms with Crippen LogP contribution in [-0.4, -0.2) is 14.7 Å². The molecule has 0 aromatic heterocycles. The van der Waals surface area contributed by atoms with Crippen molar-refractivity contribution in [1.29, 1.82) is 0 Å². The molecule has 19 heavy (non-hydrogen) atoms. The third-order valence-electron chi connectivity index (χ3n) is 2.69. The highest BCUT2D eigenvalue weighted by atomic mass is 79.9. The summed E-state index contributed by atoms with van der Waals surface area (Å²) in [6.45, 7) is 0.700. The molecular formula is C14H14BrNO2S. The molecule has 2 aromatic carbocycles. The molecule has 100 valence electrons. The van der Waals surface area contributed by atoms with E-state index in [4.69, 9.17) is 0 Å². The Morgan fingerprint density at radius 2 is 1.58 bits per heavy atom. The molecule has 0 radical (unpaired) electrons. The normalized spacial score (nSPS) is 11.3. The van der Waals surface area contributed by atoms with Crippen LogP contribution < -0.4 is 5.32 Å². The van der Waals surface area contributed by atoms with Crippen molar-refractivity contribution in [3.05, 3.63) is 58.6 Å². The Kier molecular flexibility index (Phi) is 4.27. The highest BCUT2D eigenvalue weighted by Gasteiger charge is 2.05. The average Bonchev–Trinajstić information content (AvgIpc) is 2.37. The van der Waals surface area contributed by atoms with Crippen molar-refractivity contribution in [3.63, 3.8) is 0 Å². The van der Waals surface area contributed by atoms with Gasteiger partial charge in [-0.2, -0.15) is 0 Å². The van der Waals surface area contributed by atoms with E-state index in [1.807, 2.05) is 24.3 Å². The van der Waals surface area contributed by atoms with Crippen LogP contribution in [0.15, 0.2) is 57.9 Å². The minimum Gasteiger partial charge on any atom is -0.381 e. The molecule has 0 amide bonds. The zero-order chi connectivity index (χ0) is 13.9. The second-order valence-electron chi connectivity index (χ2n) is 4.28. The Bertz CT molecular complexity index is 649. The smallest absolute Gasteiger partial charge is 0.175 e. The molecule has 2 rings (SSSR count). The average molecular weight is 340 g/mol. The van der Waals surface area contributed by atoms with Gasteiger partial charge in [-0.15, -0.1) is 0 Å². The van der Waals surface area contributed by atoms with Gasteiger partial charge in [-0.05, 0) is 42.0 Å². The van der Waals surface area contributed by atoms with Gasteiger partial charge in [0, 0.05) is 23.0 Å². The van der Waals surface area contributed by atoms with Crippen LogP contribution in [0.3, 0.4) is 0 Å². The Hall–Kier alpha value is -1.33. The lowest BCUT2D eigenvalue weighted by molar-refractivity contribution is 0.602. The summed E-state index contributed by atoms with van der Waals surface area (Å²) >= 11 is 3.39. The SMILES string of the molecule is CS(=O)(=O)c1ccc(NCc2ccc(Br)cc2)cc1. The van der Waals surface area contributed by atoms with Crippen molar-refractivity contribution < 1.29 is 8.42 Å². The second kappa shape index (κ2) is 5.75. The maximum absolute atomic E-state index is 11.3. The van der Waals surface area contributed by atoms with E-state index in [-0.39, 0.29) is 0 Å². The van der Waals surface area contributed by atoms with Crippen LogP contribution in [0.1, 0.15) is 5.56 Å². The summed E-state index contributed by atoms with van der Waals surface area (Å²) in [7, 11) is -3.12. The van der Waals surface area contributed by atoms with Crippen LogP contribution in [-0.2, 0) is 16.4 Å². The van der Waals surface area contributed by atoms with Gasteiger partial charge in [0.15, 0.2) is 9.84 Å². The number of benzene rings is 2. The molecule has 0 saturated carbocycles. The fourth-order valence-electron chi connectivity index (χ4n) is 1.63. The predicted octanol–water partition coefficient (Wildman–Crippen LogP) is 3.46. The van der Waals surface area contributed by atoms with Gasteiger partial charge >= 0.3 is 0 Å². The van der Waals surface area contributed by atoms with Crippen molar-refractivity contribution in [2.45, 2.75) is 11.4 Å². The molecular weight excluding hydrogens is 326 g/mol. The van der Waals surface area contributed by atoms with Crippen LogP contribution >= 0.6 is 15.9 Å². The molecule has 0 spiro atoms. The summed E-state index contributed by atoms with van der Waals surface area (Å²) in [5.74, 6) is 0. The minimum absolute atomic E-state index is 0.335. The summed E-state index contributed by atoms with van der Waals surface area (Å²) in [4.78, 5) is 0.335. The summed E-state index contributed by atoms with van der Waals surface area (Å²) in [6, 6.07) is 14.8. The Balaban J connectivity index is 2.02. The molecule has 0 bridgehead atoms. The topological polar surface area (TPSA) is 46.2 Å². The minimum atomic E-state index is -3.12. The first-order valence-electron chi connectivity index (χ1n) is 5.73. The molecule has 0 heterocycles. The summed E-state index contributed by atoms with van der Waals surface area (Å²) < 4.78 is 23.7. The maximum atomic E-state index is 11.3. The number of hydrogen-bond acceptors (Lipinski definition) is 3. The molecule has 0 aliphatic heterocycles. The first-order valence-corrected chi connectivity index (χ1v) is 8.42. The summed E-state index contributed by atoms with van der Waals surface area (Å²) in [5.41, 5.74) is 2.06. The quantitative estimate of drug-likeness (QED) is 0.927. The third kappa shape index (κ3) is 4.08. The molecule has 2 aromatic rings. The number of anilines is 1. The molecule has 0 aliphatic rings. The molecule has 0 saturated heterocycles. The fourth-order valence-corrected chi connectivity index (χ4v) is 2.52. The number of rotatable bonds is 4. The first kappa shape index (κ1) is 14.1. The van der Waals surface area contributed by atoms with E-state index >= 15 is 0 Å². The van der Waals surface area contributed by atoms with Crippen molar-refractivity contribution in [1.82, 2.24) is 0 Å². The molecule has 0 fully saturated rings. The Morgan fingerprint density at radius 3 is 2.11 bits per heavy atom. The number of sulfone groups is 1. The summed E-state index contributed by atoms with van der Waals surface area (Å²) in [6.07, 6.45) is 1.21. The van der Waals surface area contributed by atoms with Gasteiger partial charge in [0.25, 0.3) is 0 Å². The highest BCUT2D eigenvalue weighted by Crippen LogP contribution is 2.16. The molecule has 0 aliphatic carbocycles. The molecule has 0 atom stereocenters. The molecule has 0 unspecified atom stereocenters. The van der Waals surface area contributed by atoms with E-state index in [2.05, 4.69) is 21.2 Å². The number of hydrogen-bond donors (Lipinski definition) is 1. The lowest BCUT2D eigenvalue weighted by Gasteiger charge is -2.07. The summed E-state index contributed by atoms with van der Waals surface area (Å²) in [5, 5.41) is 3.25. The van der Waals surface area contributed by atoms with Crippen LogP contribution in [0, 0.1) is 0 Å². The van der Waals surface area contributed by atoms with E-state index < -0.39 is 9.84 Å². The maximum Gasteiger partial charge on any atom is 0.175 e. The highest BCUT2D eigenvalue weighted by molar-refractivity contribution is 9.10. The molecule has 1 N–H and O–H groups in total. The van der Waals surface area contributed by atoms with Crippen LogP contribution in [0.5, 0.6) is 0 Å². The van der Waals surface area contributed by atoms with Crippen LogP contribution in [0.25, 0.3) is 0 Å². The van der Waals surface area contributed by atoms with Crippen LogP contribution in [0.4, 0.5) is 5.69 Å². The third-order valence-corrected chi connectivity index (χ3v) is 4.35. The van der Waals surface area contributed by atoms with Gasteiger partial charge in [-0.3, -0.25) is 0 Å². The Morgan fingerprint density at radius 1 is 1.00 bits per heavy atom. The van der Waals surface area contributed by atoms with Gasteiger partial charge in [-0.1, -0.05) is 28.1 Å². The monoisotopic (exact) mass is 339 g/mol. The van der Waals surface area contributed by atoms with Crippen molar-refractivity contribution in [2.75, 3.05) is 11.6 Å². The molecule has 3 nitrogen and oxygen atoms in total. The van der Waals surface area contributed by atoms with Crippen molar-refractivity contribution in [2.24, 2.45) is 0 Å². The zero-order valence-corrected chi connectivity index (χ0v) is 12.8. The zero-order valence-electron chi connectivity index (χ0n) is 10.4. The Labute approximate surface area is 121 Å². The lowest BCUT2D eigenvalue weighted by Crippen LogP contribution is -2.00. The van der Waals surface area contributed by atoms with E-state index in [0.717, 1.165) is 15.7 Å². The molecule has 5 heteroatoms. The number of nitrogens with one attached hydrogen (secondary N) is 1. The van der Waals surface area contributed by atoms with E-state index in [0.29, 0.717) is 11.4 Å². The van der Waals surface area contributed by atoms with Gasteiger partial charge in [0.1, 0.15) is 0 Å². The second-order valence-corrected chi connectivity index (χ2v) is 7.21. The van der Waals surface area contributed by atoms with E-state index in [1.54, 1.807) is 24.3 Å². The van der Waals surface area contributed by atoms with Gasteiger partial charge in [-0.25, -0.2) is 8.42 Å². The van der Waals surface area contributed by atoms with Gasteiger partial charge < -0.3 is 5.32 Å². The number of halogens is 1. The van der Waals surface area contributed by atoms with Crippen molar-refractivity contribution in [3.8, 4) is 0 Å². The van der Waals surface area contributed by atoms with Crippen molar-refractivity contribution >= 4 is 31.5 Å². The predicted molar refractivity (Wildman–Crippen MR) is 81.0 cm³/mol. The lowest BCUT2D eigenvalue weighted by atomic mass is 10.2. The van der Waals surface area contributed by atoms with Gasteiger partial charge in [0.05, 0.1) is 4.90 Å². The standard InChI is InChI=1S/C14H14BrNO2S/c1-19(17,18)14-8-6-13(7-9-14)16-10-11-2-4-12(15)5-3-11/h2-9,16H,10H2,1H3.